The Bertz CT molecular complexity index is 1340. The van der Waals surface area contributed by atoms with E-state index in [-0.39, 0.29) is 16.8 Å². The van der Waals surface area contributed by atoms with Crippen LogP contribution in [0.5, 0.6) is 11.5 Å². The number of rotatable bonds is 5. The third-order valence-electron chi connectivity index (χ3n) is 5.87. The van der Waals surface area contributed by atoms with E-state index < -0.39 is 11.5 Å². The number of Topliss-reactive ketones (excluding diaryl/α,β-unsaturated/α-hetero) is 1. The SMILES string of the molecule is COc1ccc(OC)c(NC(=O)c2cc3c(n(-c4ccc(Cl)cc4)c2=O)CC(C)(C)CC3=O)c1. The summed E-state index contributed by atoms with van der Waals surface area (Å²) in [5, 5.41) is 3.24. The van der Waals surface area contributed by atoms with Crippen molar-refractivity contribution in [2.24, 2.45) is 5.41 Å². The Hall–Kier alpha value is -3.58. The van der Waals surface area contributed by atoms with Crippen molar-refractivity contribution in [1.82, 2.24) is 4.57 Å². The number of carbonyl (C=O) groups excluding carboxylic acids is 2. The van der Waals surface area contributed by atoms with Crippen molar-refractivity contribution >= 4 is 29.0 Å². The molecule has 4 rings (SSSR count). The number of hydrogen-bond donors (Lipinski definition) is 1. The van der Waals surface area contributed by atoms with Gasteiger partial charge in [0.15, 0.2) is 5.78 Å². The maximum Gasteiger partial charge on any atom is 0.268 e. The van der Waals surface area contributed by atoms with Gasteiger partial charge in [0.05, 0.1) is 19.9 Å². The van der Waals surface area contributed by atoms with E-state index in [1.165, 1.54) is 24.9 Å². The van der Waals surface area contributed by atoms with Gasteiger partial charge in [-0.1, -0.05) is 25.4 Å². The highest BCUT2D eigenvalue weighted by Gasteiger charge is 2.35. The van der Waals surface area contributed by atoms with Gasteiger partial charge in [0, 0.05) is 34.5 Å². The van der Waals surface area contributed by atoms with Crippen LogP contribution in [0.1, 0.15) is 46.7 Å². The molecular weight excluding hydrogens is 456 g/mol. The van der Waals surface area contributed by atoms with E-state index >= 15 is 0 Å². The molecule has 1 heterocycles. The zero-order chi connectivity index (χ0) is 24.6. The Morgan fingerprint density at radius 1 is 1.00 bits per heavy atom. The first-order valence-corrected chi connectivity index (χ1v) is 11.1. The minimum atomic E-state index is -0.653. The Kier molecular flexibility index (Phi) is 6.23. The van der Waals surface area contributed by atoms with E-state index in [0.717, 1.165) is 0 Å². The quantitative estimate of drug-likeness (QED) is 0.560. The molecule has 3 aromatic rings. The first-order chi connectivity index (χ1) is 16.1. The molecule has 34 heavy (non-hydrogen) atoms. The van der Waals surface area contributed by atoms with Gasteiger partial charge in [-0.25, -0.2) is 0 Å². The topological polar surface area (TPSA) is 86.6 Å². The number of amides is 1. The van der Waals surface area contributed by atoms with Gasteiger partial charge in [0.2, 0.25) is 0 Å². The highest BCUT2D eigenvalue weighted by Crippen LogP contribution is 2.36. The van der Waals surface area contributed by atoms with Gasteiger partial charge in [-0.05, 0) is 54.3 Å². The normalized spacial score (nSPS) is 14.3. The minimum Gasteiger partial charge on any atom is -0.497 e. The number of aromatic nitrogens is 1. The molecular formula is C26H25ClN2O5. The van der Waals surface area contributed by atoms with Crippen LogP contribution in [0.3, 0.4) is 0 Å². The second-order valence-corrected chi connectivity index (χ2v) is 9.43. The van der Waals surface area contributed by atoms with Crippen LogP contribution in [0.25, 0.3) is 5.69 Å². The summed E-state index contributed by atoms with van der Waals surface area (Å²) >= 11 is 6.05. The van der Waals surface area contributed by atoms with Gasteiger partial charge in [-0.2, -0.15) is 0 Å². The number of hydrogen-bond acceptors (Lipinski definition) is 5. The minimum absolute atomic E-state index is 0.109. The highest BCUT2D eigenvalue weighted by molar-refractivity contribution is 6.30. The molecule has 1 aliphatic carbocycles. The molecule has 7 nitrogen and oxygen atoms in total. The van der Waals surface area contributed by atoms with Gasteiger partial charge in [0.1, 0.15) is 17.1 Å². The van der Waals surface area contributed by atoms with E-state index in [1.807, 2.05) is 13.8 Å². The van der Waals surface area contributed by atoms with E-state index in [2.05, 4.69) is 5.32 Å². The number of anilines is 1. The molecule has 8 heteroatoms. The second kappa shape index (κ2) is 8.99. The van der Waals surface area contributed by atoms with Crippen molar-refractivity contribution in [3.63, 3.8) is 0 Å². The Balaban J connectivity index is 1.88. The lowest BCUT2D eigenvalue weighted by atomic mass is 9.75. The first-order valence-electron chi connectivity index (χ1n) is 10.7. The van der Waals surface area contributed by atoms with Crippen LogP contribution in [0.2, 0.25) is 5.02 Å². The largest absolute Gasteiger partial charge is 0.497 e. The van der Waals surface area contributed by atoms with E-state index in [0.29, 0.717) is 52.0 Å². The number of carbonyl (C=O) groups is 2. The molecule has 0 saturated heterocycles. The molecule has 0 spiro atoms. The summed E-state index contributed by atoms with van der Waals surface area (Å²) in [4.78, 5) is 40.0. The van der Waals surface area contributed by atoms with Crippen molar-refractivity contribution in [2.45, 2.75) is 26.7 Å². The van der Waals surface area contributed by atoms with Crippen molar-refractivity contribution in [3.05, 3.63) is 80.7 Å². The summed E-state index contributed by atoms with van der Waals surface area (Å²) in [7, 11) is 2.99. The number of fused-ring (bicyclic) bond motifs is 1. The third kappa shape index (κ3) is 4.43. The highest BCUT2D eigenvalue weighted by atomic mass is 35.5. The molecule has 0 unspecified atom stereocenters. The van der Waals surface area contributed by atoms with Crippen LogP contribution in [-0.2, 0) is 6.42 Å². The summed E-state index contributed by atoms with van der Waals surface area (Å²) in [5.41, 5.74) is 0.847. The fourth-order valence-electron chi connectivity index (χ4n) is 4.24. The molecule has 1 aromatic heterocycles. The molecule has 1 aliphatic rings. The average molecular weight is 481 g/mol. The summed E-state index contributed by atoms with van der Waals surface area (Å²) in [6, 6.07) is 13.1. The van der Waals surface area contributed by atoms with Crippen LogP contribution < -0.4 is 20.3 Å². The number of methoxy groups -OCH3 is 2. The standard InChI is InChI=1S/C26H25ClN2O5/c1-26(2)13-21-18(22(30)14-26)12-19(25(32)29(21)16-7-5-15(27)6-8-16)24(31)28-20-11-17(33-3)9-10-23(20)34-4/h5-12H,13-14H2,1-4H3,(H,28,31). The predicted molar refractivity (Wildman–Crippen MR) is 131 cm³/mol. The molecule has 0 atom stereocenters. The number of benzene rings is 2. The molecule has 1 amide bonds. The number of pyridine rings is 1. The lowest BCUT2D eigenvalue weighted by Crippen LogP contribution is -2.37. The third-order valence-corrected chi connectivity index (χ3v) is 6.12. The van der Waals surface area contributed by atoms with E-state index in [9.17, 15) is 14.4 Å². The Labute approximate surface area is 202 Å². The molecule has 0 bridgehead atoms. The number of nitrogens with zero attached hydrogens (tertiary/aromatic N) is 1. The lowest BCUT2D eigenvalue weighted by molar-refractivity contribution is 0.0909. The number of ketones is 1. The maximum absolute atomic E-state index is 13.7. The monoisotopic (exact) mass is 480 g/mol. The first kappa shape index (κ1) is 23.6. The zero-order valence-electron chi connectivity index (χ0n) is 19.4. The van der Waals surface area contributed by atoms with Crippen molar-refractivity contribution in [1.29, 1.82) is 0 Å². The second-order valence-electron chi connectivity index (χ2n) is 9.00. The average Bonchev–Trinajstić information content (AvgIpc) is 2.79. The fraction of sp³-hybridized carbons (Fsp3) is 0.269. The zero-order valence-corrected chi connectivity index (χ0v) is 20.2. The van der Waals surface area contributed by atoms with Gasteiger partial charge in [-0.3, -0.25) is 19.0 Å². The van der Waals surface area contributed by atoms with E-state index in [4.69, 9.17) is 21.1 Å². The molecule has 176 valence electrons. The molecule has 0 radical (unpaired) electrons. The van der Waals surface area contributed by atoms with Crippen LogP contribution in [0.4, 0.5) is 5.69 Å². The summed E-state index contributed by atoms with van der Waals surface area (Å²) in [6.45, 7) is 3.97. The van der Waals surface area contributed by atoms with Gasteiger partial charge in [-0.15, -0.1) is 0 Å². The summed E-state index contributed by atoms with van der Waals surface area (Å²) in [6.07, 6.45) is 0.834. The predicted octanol–water partition coefficient (Wildman–Crippen LogP) is 4.92. The van der Waals surface area contributed by atoms with E-state index in [1.54, 1.807) is 42.5 Å². The molecule has 0 fully saturated rings. The number of ether oxygens (including phenoxy) is 2. The summed E-state index contributed by atoms with van der Waals surface area (Å²) in [5.74, 6) is 0.155. The Morgan fingerprint density at radius 3 is 2.35 bits per heavy atom. The van der Waals surface area contributed by atoms with Gasteiger partial charge < -0.3 is 14.8 Å². The van der Waals surface area contributed by atoms with Gasteiger partial charge >= 0.3 is 0 Å². The van der Waals surface area contributed by atoms with Crippen LogP contribution in [-0.4, -0.2) is 30.5 Å². The maximum atomic E-state index is 13.7. The van der Waals surface area contributed by atoms with Crippen LogP contribution >= 0.6 is 11.6 Å². The molecule has 2 aromatic carbocycles. The van der Waals surface area contributed by atoms with Gasteiger partial charge in [0.25, 0.3) is 11.5 Å². The van der Waals surface area contributed by atoms with Crippen LogP contribution in [0, 0.1) is 5.41 Å². The van der Waals surface area contributed by atoms with Crippen molar-refractivity contribution in [2.75, 3.05) is 19.5 Å². The van der Waals surface area contributed by atoms with Crippen LogP contribution in [0.15, 0.2) is 53.3 Å². The number of nitrogens with one attached hydrogen (secondary N) is 1. The Morgan fingerprint density at radius 2 is 1.71 bits per heavy atom. The smallest absolute Gasteiger partial charge is 0.268 e. The molecule has 1 N–H and O–H groups in total. The van der Waals surface area contributed by atoms with Crippen molar-refractivity contribution < 1.29 is 19.1 Å². The molecule has 0 saturated carbocycles. The van der Waals surface area contributed by atoms with Crippen molar-refractivity contribution in [3.8, 4) is 17.2 Å². The lowest BCUT2D eigenvalue weighted by Gasteiger charge is -2.32. The molecule has 0 aliphatic heterocycles. The fourth-order valence-corrected chi connectivity index (χ4v) is 4.37. The summed E-state index contributed by atoms with van der Waals surface area (Å²) < 4.78 is 12.0. The number of halogens is 1.